The van der Waals surface area contributed by atoms with E-state index in [0.29, 0.717) is 11.4 Å². The van der Waals surface area contributed by atoms with Crippen molar-refractivity contribution in [2.45, 2.75) is 19.3 Å². The van der Waals surface area contributed by atoms with E-state index in [1.807, 2.05) is 0 Å². The van der Waals surface area contributed by atoms with E-state index in [1.54, 1.807) is 12.1 Å². The molecule has 6 nitrogen and oxygen atoms in total. The lowest BCUT2D eigenvalue weighted by Gasteiger charge is -2.10. The molecule has 0 aliphatic rings. The number of hydrogen-bond donors (Lipinski definition) is 1. The van der Waals surface area contributed by atoms with E-state index < -0.39 is 12.3 Å². The molecule has 1 aromatic heterocycles. The van der Waals surface area contributed by atoms with Crippen LogP contribution in [0.5, 0.6) is 5.75 Å². The van der Waals surface area contributed by atoms with E-state index >= 15 is 0 Å². The molecule has 1 N–H and O–H groups in total. The van der Waals surface area contributed by atoms with Gasteiger partial charge in [-0.1, -0.05) is 12.1 Å². The molecule has 0 radical (unpaired) electrons. The van der Waals surface area contributed by atoms with Gasteiger partial charge in [-0.25, -0.2) is 4.68 Å². The molecule has 0 fully saturated rings. The Hall–Kier alpha value is -3.02. The number of carbonyl (C=O) groups is 1. The standard InChI is InChI=1S/C14H11F3N4O2/c15-14(16,17)23-11-3-1-10(2-4-11)9-21-12(6-8-19-21)20-13(22)5-7-18/h1-4,6,8H,5,9H2,(H,20,22). The van der Waals surface area contributed by atoms with Gasteiger partial charge in [-0.15, -0.1) is 13.2 Å². The van der Waals surface area contributed by atoms with Gasteiger partial charge in [0.15, 0.2) is 0 Å². The third kappa shape index (κ3) is 5.03. The number of nitriles is 1. The summed E-state index contributed by atoms with van der Waals surface area (Å²) in [7, 11) is 0. The predicted octanol–water partition coefficient (Wildman–Crippen LogP) is 2.68. The number of nitrogens with zero attached hydrogens (tertiary/aromatic N) is 3. The second kappa shape index (κ2) is 6.83. The van der Waals surface area contributed by atoms with Crippen LogP contribution in [0.4, 0.5) is 19.0 Å². The van der Waals surface area contributed by atoms with E-state index in [2.05, 4.69) is 15.2 Å². The maximum Gasteiger partial charge on any atom is 0.573 e. The molecule has 9 heteroatoms. The topological polar surface area (TPSA) is 79.9 Å². The lowest BCUT2D eigenvalue weighted by atomic mass is 10.2. The fraction of sp³-hybridized carbons (Fsp3) is 0.214. The van der Waals surface area contributed by atoms with Gasteiger partial charge in [-0.2, -0.15) is 10.4 Å². The third-order valence-corrected chi connectivity index (χ3v) is 2.71. The summed E-state index contributed by atoms with van der Waals surface area (Å²) in [5, 5.41) is 15.0. The van der Waals surface area contributed by atoms with Gasteiger partial charge in [-0.05, 0) is 17.7 Å². The third-order valence-electron chi connectivity index (χ3n) is 2.71. The Balaban J connectivity index is 2.04. The van der Waals surface area contributed by atoms with E-state index in [0.717, 1.165) is 0 Å². The van der Waals surface area contributed by atoms with Crippen LogP contribution in [0.1, 0.15) is 12.0 Å². The summed E-state index contributed by atoms with van der Waals surface area (Å²) in [5.74, 6) is -0.395. The maximum absolute atomic E-state index is 12.1. The first kappa shape index (κ1) is 16.4. The van der Waals surface area contributed by atoms with Crippen molar-refractivity contribution in [3.63, 3.8) is 0 Å². The van der Waals surface area contributed by atoms with Crippen LogP contribution in [0.2, 0.25) is 0 Å². The summed E-state index contributed by atoms with van der Waals surface area (Å²) >= 11 is 0. The van der Waals surface area contributed by atoms with Gasteiger partial charge in [0.25, 0.3) is 0 Å². The number of aromatic nitrogens is 2. The Labute approximate surface area is 129 Å². The number of halogens is 3. The van der Waals surface area contributed by atoms with Crippen LogP contribution in [0, 0.1) is 11.3 Å². The van der Waals surface area contributed by atoms with Crippen molar-refractivity contribution < 1.29 is 22.7 Å². The molecule has 0 saturated heterocycles. The molecular formula is C14H11F3N4O2. The first-order valence-electron chi connectivity index (χ1n) is 6.40. The molecular weight excluding hydrogens is 313 g/mol. The normalized spacial score (nSPS) is 10.9. The Morgan fingerprint density at radius 1 is 1.30 bits per heavy atom. The van der Waals surface area contributed by atoms with Crippen LogP contribution in [-0.4, -0.2) is 22.1 Å². The highest BCUT2D eigenvalue weighted by Gasteiger charge is 2.30. The average Bonchev–Trinajstić information content (AvgIpc) is 2.87. The summed E-state index contributed by atoms with van der Waals surface area (Å²) in [4.78, 5) is 11.4. The summed E-state index contributed by atoms with van der Waals surface area (Å²) < 4.78 is 41.5. The molecule has 0 aliphatic heterocycles. The summed E-state index contributed by atoms with van der Waals surface area (Å²) in [5.41, 5.74) is 0.666. The van der Waals surface area contributed by atoms with Crippen LogP contribution in [0.3, 0.4) is 0 Å². The molecule has 2 aromatic rings. The molecule has 0 saturated carbocycles. The minimum absolute atomic E-state index is 0.238. The number of nitrogens with one attached hydrogen (secondary N) is 1. The largest absolute Gasteiger partial charge is 0.573 e. The molecule has 0 aliphatic carbocycles. The molecule has 23 heavy (non-hydrogen) atoms. The lowest BCUT2D eigenvalue weighted by Crippen LogP contribution is -2.17. The Morgan fingerprint density at radius 2 is 2.00 bits per heavy atom. The molecule has 2 rings (SSSR count). The zero-order chi connectivity index (χ0) is 16.9. The highest BCUT2D eigenvalue weighted by molar-refractivity contribution is 5.91. The van der Waals surface area contributed by atoms with Crippen molar-refractivity contribution >= 4 is 11.7 Å². The Bertz CT molecular complexity index is 717. The maximum atomic E-state index is 12.1. The van der Waals surface area contributed by atoms with Crippen molar-refractivity contribution in [1.82, 2.24) is 9.78 Å². The van der Waals surface area contributed by atoms with Crippen LogP contribution in [-0.2, 0) is 11.3 Å². The van der Waals surface area contributed by atoms with Crippen molar-refractivity contribution in [3.05, 3.63) is 42.1 Å². The van der Waals surface area contributed by atoms with Gasteiger partial charge in [0.05, 0.1) is 18.8 Å². The van der Waals surface area contributed by atoms with Crippen molar-refractivity contribution in [1.29, 1.82) is 5.26 Å². The molecule has 0 unspecified atom stereocenters. The van der Waals surface area contributed by atoms with E-state index in [1.165, 1.54) is 35.1 Å². The molecule has 1 aromatic carbocycles. The first-order chi connectivity index (χ1) is 10.9. The van der Waals surface area contributed by atoms with E-state index in [4.69, 9.17) is 5.26 Å². The zero-order valence-electron chi connectivity index (χ0n) is 11.7. The van der Waals surface area contributed by atoms with Gasteiger partial charge in [-0.3, -0.25) is 4.79 Å². The van der Waals surface area contributed by atoms with Crippen LogP contribution < -0.4 is 10.1 Å². The Morgan fingerprint density at radius 3 is 2.61 bits per heavy atom. The molecule has 120 valence electrons. The number of anilines is 1. The SMILES string of the molecule is N#CCC(=O)Nc1ccnn1Cc1ccc(OC(F)(F)F)cc1. The fourth-order valence-electron chi connectivity index (χ4n) is 1.79. The van der Waals surface area contributed by atoms with Gasteiger partial charge >= 0.3 is 6.36 Å². The monoisotopic (exact) mass is 324 g/mol. The van der Waals surface area contributed by atoms with Crippen LogP contribution in [0.15, 0.2) is 36.5 Å². The summed E-state index contributed by atoms with van der Waals surface area (Å²) in [6, 6.07) is 8.59. The number of rotatable bonds is 5. The van der Waals surface area contributed by atoms with Gasteiger partial charge in [0.2, 0.25) is 5.91 Å². The average molecular weight is 324 g/mol. The van der Waals surface area contributed by atoms with E-state index in [-0.39, 0.29) is 18.7 Å². The lowest BCUT2D eigenvalue weighted by molar-refractivity contribution is -0.274. The fourth-order valence-corrected chi connectivity index (χ4v) is 1.79. The number of ether oxygens (including phenoxy) is 1. The second-order valence-electron chi connectivity index (χ2n) is 4.45. The number of alkyl halides is 3. The molecule has 0 bridgehead atoms. The smallest absolute Gasteiger partial charge is 0.406 e. The second-order valence-corrected chi connectivity index (χ2v) is 4.45. The van der Waals surface area contributed by atoms with Gasteiger partial charge in [0, 0.05) is 6.07 Å². The summed E-state index contributed by atoms with van der Waals surface area (Å²) in [6.07, 6.45) is -3.56. The zero-order valence-corrected chi connectivity index (χ0v) is 11.7. The molecule has 1 amide bonds. The number of carbonyl (C=O) groups excluding carboxylic acids is 1. The highest BCUT2D eigenvalue weighted by atomic mass is 19.4. The minimum atomic E-state index is -4.73. The summed E-state index contributed by atoms with van der Waals surface area (Å²) in [6.45, 7) is 0.238. The van der Waals surface area contributed by atoms with Gasteiger partial charge < -0.3 is 10.1 Å². The van der Waals surface area contributed by atoms with Crippen molar-refractivity contribution in [3.8, 4) is 11.8 Å². The van der Waals surface area contributed by atoms with E-state index in [9.17, 15) is 18.0 Å². The number of benzene rings is 1. The molecule has 0 spiro atoms. The molecule has 1 heterocycles. The highest BCUT2D eigenvalue weighted by Crippen LogP contribution is 2.23. The number of hydrogen-bond acceptors (Lipinski definition) is 4. The predicted molar refractivity (Wildman–Crippen MR) is 73.3 cm³/mol. The van der Waals surface area contributed by atoms with Crippen molar-refractivity contribution in [2.75, 3.05) is 5.32 Å². The minimum Gasteiger partial charge on any atom is -0.406 e. The van der Waals surface area contributed by atoms with Gasteiger partial charge in [0.1, 0.15) is 18.0 Å². The first-order valence-corrected chi connectivity index (χ1v) is 6.40. The van der Waals surface area contributed by atoms with Crippen LogP contribution in [0.25, 0.3) is 0 Å². The Kier molecular flexibility index (Phi) is 4.85. The number of amides is 1. The molecule has 0 atom stereocenters. The quantitative estimate of drug-likeness (QED) is 0.917. The van der Waals surface area contributed by atoms with Crippen molar-refractivity contribution in [2.24, 2.45) is 0 Å². The van der Waals surface area contributed by atoms with Crippen LogP contribution >= 0.6 is 0 Å².